The Morgan fingerprint density at radius 2 is 1.91 bits per heavy atom. The SMILES string of the molecule is CCCC1C(CC)CCC2C1CCC1(C)C(C(=O)Cc3nc4ccccc4n3C)CCC21. The first-order valence-electron chi connectivity index (χ1n) is 13.4. The molecule has 0 radical (unpaired) electrons. The summed E-state index contributed by atoms with van der Waals surface area (Å²) in [6, 6.07) is 8.23. The highest BCUT2D eigenvalue weighted by atomic mass is 16.1. The van der Waals surface area contributed by atoms with Crippen molar-refractivity contribution in [2.75, 3.05) is 0 Å². The lowest BCUT2D eigenvalue weighted by Gasteiger charge is -2.54. The molecule has 3 aliphatic carbocycles. The van der Waals surface area contributed by atoms with E-state index >= 15 is 0 Å². The van der Waals surface area contributed by atoms with Crippen molar-refractivity contribution in [3.05, 3.63) is 30.1 Å². The summed E-state index contributed by atoms with van der Waals surface area (Å²) < 4.78 is 2.13. The van der Waals surface area contributed by atoms with Crippen LogP contribution in [-0.2, 0) is 18.3 Å². The first-order valence-corrected chi connectivity index (χ1v) is 13.4. The standard InChI is InChI=1S/C29H42N2O/c1-5-9-20-19(6-2)12-13-22-21(20)16-17-29(3)23(22)14-15-24(29)27(32)18-28-30-25-10-7-8-11-26(25)31(28)4/h7-8,10-11,19-24H,5-6,9,12-18H2,1-4H3. The molecule has 1 heterocycles. The van der Waals surface area contributed by atoms with E-state index in [1.165, 1.54) is 51.4 Å². The van der Waals surface area contributed by atoms with E-state index in [-0.39, 0.29) is 11.3 Å². The van der Waals surface area contributed by atoms with Crippen LogP contribution in [0.25, 0.3) is 11.0 Å². The number of Topliss-reactive ketones (excluding diaryl/α,β-unsaturated/α-hetero) is 1. The number of ketones is 1. The van der Waals surface area contributed by atoms with Gasteiger partial charge in [0.1, 0.15) is 11.6 Å². The van der Waals surface area contributed by atoms with Gasteiger partial charge in [0.2, 0.25) is 0 Å². The zero-order valence-electron chi connectivity index (χ0n) is 20.6. The normalized spacial score (nSPS) is 36.8. The van der Waals surface area contributed by atoms with Gasteiger partial charge >= 0.3 is 0 Å². The van der Waals surface area contributed by atoms with E-state index in [0.29, 0.717) is 12.2 Å². The molecule has 3 saturated carbocycles. The average Bonchev–Trinajstić information content (AvgIpc) is 3.31. The Kier molecular flexibility index (Phi) is 5.97. The Morgan fingerprint density at radius 1 is 1.09 bits per heavy atom. The van der Waals surface area contributed by atoms with Gasteiger partial charge in [0.15, 0.2) is 0 Å². The third-order valence-corrected chi connectivity index (χ3v) is 10.3. The largest absolute Gasteiger partial charge is 0.331 e. The molecule has 0 amide bonds. The second-order valence-electron chi connectivity index (χ2n) is 11.5. The number of benzene rings is 1. The third kappa shape index (κ3) is 3.46. The molecule has 3 fully saturated rings. The van der Waals surface area contributed by atoms with Crippen LogP contribution >= 0.6 is 0 Å². The molecular formula is C29H42N2O. The molecule has 7 unspecified atom stereocenters. The Bertz CT molecular complexity index is 977. The number of rotatable bonds is 6. The lowest BCUT2D eigenvalue weighted by Crippen LogP contribution is -2.48. The quantitative estimate of drug-likeness (QED) is 0.491. The van der Waals surface area contributed by atoms with Crippen molar-refractivity contribution in [3.63, 3.8) is 0 Å². The maximum Gasteiger partial charge on any atom is 0.144 e. The number of carbonyl (C=O) groups excluding carboxylic acids is 1. The molecule has 3 heteroatoms. The second kappa shape index (κ2) is 8.61. The monoisotopic (exact) mass is 434 g/mol. The van der Waals surface area contributed by atoms with Gasteiger partial charge in [-0.3, -0.25) is 4.79 Å². The zero-order valence-corrected chi connectivity index (χ0v) is 20.6. The number of nitrogens with zero attached hydrogens (tertiary/aromatic N) is 2. The topological polar surface area (TPSA) is 34.9 Å². The summed E-state index contributed by atoms with van der Waals surface area (Å²) >= 11 is 0. The highest BCUT2D eigenvalue weighted by molar-refractivity contribution is 5.85. The van der Waals surface area contributed by atoms with Crippen molar-refractivity contribution in [2.45, 2.75) is 85.0 Å². The second-order valence-corrected chi connectivity index (χ2v) is 11.5. The van der Waals surface area contributed by atoms with Gasteiger partial charge in [0.05, 0.1) is 17.5 Å². The molecule has 7 atom stereocenters. The molecule has 1 aromatic heterocycles. The van der Waals surface area contributed by atoms with E-state index in [1.807, 2.05) is 6.07 Å². The Balaban J connectivity index is 1.35. The Labute approximate surface area is 194 Å². The third-order valence-electron chi connectivity index (χ3n) is 10.3. The van der Waals surface area contributed by atoms with Gasteiger partial charge in [0.25, 0.3) is 0 Å². The number of aromatic nitrogens is 2. The molecule has 0 spiro atoms. The van der Waals surface area contributed by atoms with Gasteiger partial charge in [-0.15, -0.1) is 0 Å². The Hall–Kier alpha value is -1.64. The smallest absolute Gasteiger partial charge is 0.144 e. The van der Waals surface area contributed by atoms with Crippen LogP contribution in [0, 0.1) is 40.9 Å². The fourth-order valence-electron chi connectivity index (χ4n) is 8.69. The van der Waals surface area contributed by atoms with Crippen LogP contribution in [0.5, 0.6) is 0 Å². The van der Waals surface area contributed by atoms with Gasteiger partial charge in [-0.2, -0.15) is 0 Å². The fourth-order valence-corrected chi connectivity index (χ4v) is 8.69. The summed E-state index contributed by atoms with van der Waals surface area (Å²) in [4.78, 5) is 18.5. The van der Waals surface area contributed by atoms with Crippen LogP contribution in [-0.4, -0.2) is 15.3 Å². The van der Waals surface area contributed by atoms with E-state index in [4.69, 9.17) is 4.98 Å². The number of carbonyl (C=O) groups is 1. The van der Waals surface area contributed by atoms with Crippen molar-refractivity contribution in [1.29, 1.82) is 0 Å². The predicted molar refractivity (Wildman–Crippen MR) is 131 cm³/mol. The average molecular weight is 435 g/mol. The summed E-state index contributed by atoms with van der Waals surface area (Å²) in [6.07, 6.45) is 12.4. The lowest BCUT2D eigenvalue weighted by atomic mass is 9.50. The summed E-state index contributed by atoms with van der Waals surface area (Å²) in [5.41, 5.74) is 2.34. The lowest BCUT2D eigenvalue weighted by molar-refractivity contribution is -0.129. The van der Waals surface area contributed by atoms with Gasteiger partial charge in [-0.25, -0.2) is 4.98 Å². The first kappa shape index (κ1) is 22.2. The van der Waals surface area contributed by atoms with Gasteiger partial charge in [-0.05, 0) is 85.7 Å². The van der Waals surface area contributed by atoms with E-state index < -0.39 is 0 Å². The fraction of sp³-hybridized carbons (Fsp3) is 0.724. The molecule has 5 rings (SSSR count). The number of hydrogen-bond donors (Lipinski definition) is 0. The zero-order chi connectivity index (χ0) is 22.5. The van der Waals surface area contributed by atoms with Gasteiger partial charge in [-0.1, -0.05) is 52.2 Å². The van der Waals surface area contributed by atoms with Gasteiger partial charge in [0, 0.05) is 13.0 Å². The summed E-state index contributed by atoms with van der Waals surface area (Å²) in [5.74, 6) is 6.01. The van der Waals surface area contributed by atoms with E-state index in [1.54, 1.807) is 0 Å². The first-order chi connectivity index (χ1) is 15.5. The van der Waals surface area contributed by atoms with Gasteiger partial charge < -0.3 is 4.57 Å². The van der Waals surface area contributed by atoms with Crippen LogP contribution in [0.2, 0.25) is 0 Å². The number of hydrogen-bond acceptors (Lipinski definition) is 2. The number of para-hydroxylation sites is 2. The maximum absolute atomic E-state index is 13.7. The van der Waals surface area contributed by atoms with Crippen molar-refractivity contribution >= 4 is 16.8 Å². The molecule has 1 aromatic carbocycles. The highest BCUT2D eigenvalue weighted by Gasteiger charge is 2.57. The number of aryl methyl sites for hydroxylation is 1. The number of fused-ring (bicyclic) bond motifs is 4. The van der Waals surface area contributed by atoms with Crippen LogP contribution < -0.4 is 0 Å². The molecular weight excluding hydrogens is 392 g/mol. The minimum Gasteiger partial charge on any atom is -0.331 e. The molecule has 174 valence electrons. The molecule has 3 aliphatic rings. The van der Waals surface area contributed by atoms with Crippen molar-refractivity contribution in [1.82, 2.24) is 9.55 Å². The van der Waals surface area contributed by atoms with E-state index in [2.05, 4.69) is 50.6 Å². The van der Waals surface area contributed by atoms with Crippen molar-refractivity contribution < 1.29 is 4.79 Å². The molecule has 0 bridgehead atoms. The van der Waals surface area contributed by atoms with E-state index in [9.17, 15) is 4.79 Å². The Morgan fingerprint density at radius 3 is 2.66 bits per heavy atom. The summed E-state index contributed by atoms with van der Waals surface area (Å²) in [7, 11) is 2.06. The number of imidazole rings is 1. The molecule has 0 aliphatic heterocycles. The maximum atomic E-state index is 13.7. The molecule has 32 heavy (non-hydrogen) atoms. The minimum atomic E-state index is 0.207. The molecule has 3 nitrogen and oxygen atoms in total. The minimum absolute atomic E-state index is 0.207. The van der Waals surface area contributed by atoms with Crippen molar-refractivity contribution in [3.8, 4) is 0 Å². The highest BCUT2D eigenvalue weighted by Crippen LogP contribution is 2.63. The van der Waals surface area contributed by atoms with Crippen molar-refractivity contribution in [2.24, 2.45) is 48.0 Å². The molecule has 0 N–H and O–H groups in total. The predicted octanol–water partition coefficient (Wildman–Crippen LogP) is 6.98. The molecule has 0 saturated heterocycles. The van der Waals surface area contributed by atoms with Crippen LogP contribution in [0.3, 0.4) is 0 Å². The molecule has 2 aromatic rings. The van der Waals surface area contributed by atoms with Crippen LogP contribution in [0.1, 0.15) is 84.4 Å². The van der Waals surface area contributed by atoms with Crippen LogP contribution in [0.4, 0.5) is 0 Å². The summed E-state index contributed by atoms with van der Waals surface area (Å²) in [5, 5.41) is 0. The van der Waals surface area contributed by atoms with Crippen LogP contribution in [0.15, 0.2) is 24.3 Å². The van der Waals surface area contributed by atoms with E-state index in [0.717, 1.165) is 52.9 Å². The summed E-state index contributed by atoms with van der Waals surface area (Å²) in [6.45, 7) is 7.26.